The van der Waals surface area contributed by atoms with E-state index in [1.165, 1.54) is 46.8 Å². The van der Waals surface area contributed by atoms with Gasteiger partial charge < -0.3 is 10.5 Å². The second-order valence-corrected chi connectivity index (χ2v) is 6.28. The first-order valence-corrected chi connectivity index (χ1v) is 8.06. The summed E-state index contributed by atoms with van der Waals surface area (Å²) in [4.78, 5) is 0. The maximum Gasteiger partial charge on any atom is 0.136 e. The third-order valence-electron chi connectivity index (χ3n) is 4.15. The van der Waals surface area contributed by atoms with Crippen molar-refractivity contribution in [2.24, 2.45) is 5.73 Å². The van der Waals surface area contributed by atoms with Gasteiger partial charge in [-0.1, -0.05) is 19.4 Å². The van der Waals surface area contributed by atoms with E-state index in [0.717, 1.165) is 25.1 Å². The third-order valence-corrected chi connectivity index (χ3v) is 4.99. The van der Waals surface area contributed by atoms with Gasteiger partial charge in [0.05, 0.1) is 11.6 Å². The van der Waals surface area contributed by atoms with Crippen LogP contribution in [0.15, 0.2) is 10.5 Å². The molecule has 0 heterocycles. The number of aryl methyl sites for hydroxylation is 1. The number of fused-ring (bicyclic) bond motifs is 1. The fraction of sp³-hybridized carbons (Fsp3) is 0.625. The van der Waals surface area contributed by atoms with Crippen LogP contribution >= 0.6 is 15.9 Å². The molecule has 106 valence electrons. The molecule has 2 rings (SSSR count). The lowest BCUT2D eigenvalue weighted by Gasteiger charge is -2.21. The highest BCUT2D eigenvalue weighted by molar-refractivity contribution is 9.10. The number of halogens is 1. The Morgan fingerprint density at radius 1 is 1.32 bits per heavy atom. The molecule has 1 aromatic rings. The van der Waals surface area contributed by atoms with Crippen molar-refractivity contribution < 1.29 is 4.74 Å². The molecule has 0 radical (unpaired) electrons. The largest absolute Gasteiger partial charge is 0.495 e. The predicted octanol–water partition coefficient (Wildman–Crippen LogP) is 4.18. The third kappa shape index (κ3) is 3.14. The Balaban J connectivity index is 2.48. The molecule has 1 aliphatic rings. The Labute approximate surface area is 124 Å². The van der Waals surface area contributed by atoms with Gasteiger partial charge in [-0.25, -0.2) is 0 Å². The van der Waals surface area contributed by atoms with Crippen molar-refractivity contribution in [3.8, 4) is 5.75 Å². The average Bonchev–Trinajstić information content (AvgIpc) is 2.64. The molecule has 0 spiro atoms. The molecule has 2 nitrogen and oxygen atoms in total. The molecule has 2 N–H and O–H groups in total. The van der Waals surface area contributed by atoms with Gasteiger partial charge in [-0.15, -0.1) is 0 Å². The zero-order valence-electron chi connectivity index (χ0n) is 12.0. The summed E-state index contributed by atoms with van der Waals surface area (Å²) in [6.45, 7) is 2.96. The summed E-state index contributed by atoms with van der Waals surface area (Å²) in [7, 11) is 1.77. The van der Waals surface area contributed by atoms with Gasteiger partial charge in [0.1, 0.15) is 5.75 Å². The Morgan fingerprint density at radius 3 is 2.74 bits per heavy atom. The fourth-order valence-electron chi connectivity index (χ4n) is 3.01. The summed E-state index contributed by atoms with van der Waals surface area (Å²) in [5.41, 5.74) is 9.97. The number of methoxy groups -OCH3 is 1. The first kappa shape index (κ1) is 14.9. The molecule has 0 fully saturated rings. The lowest BCUT2D eigenvalue weighted by Crippen LogP contribution is -2.08. The maximum absolute atomic E-state index is 5.71. The van der Waals surface area contributed by atoms with Crippen LogP contribution in [-0.2, 0) is 12.8 Å². The molecule has 3 heteroatoms. The van der Waals surface area contributed by atoms with E-state index < -0.39 is 0 Å². The monoisotopic (exact) mass is 325 g/mol. The van der Waals surface area contributed by atoms with Crippen LogP contribution in [0.5, 0.6) is 5.75 Å². The van der Waals surface area contributed by atoms with E-state index in [9.17, 15) is 0 Å². The van der Waals surface area contributed by atoms with Gasteiger partial charge in [-0.3, -0.25) is 0 Å². The second kappa shape index (κ2) is 6.76. The normalized spacial score (nSPS) is 16.6. The number of benzene rings is 1. The van der Waals surface area contributed by atoms with Crippen molar-refractivity contribution in [3.05, 3.63) is 27.2 Å². The predicted molar refractivity (Wildman–Crippen MR) is 84.0 cm³/mol. The van der Waals surface area contributed by atoms with Gasteiger partial charge in [-0.2, -0.15) is 0 Å². The van der Waals surface area contributed by atoms with Crippen molar-refractivity contribution >= 4 is 15.9 Å². The average molecular weight is 326 g/mol. The summed E-state index contributed by atoms with van der Waals surface area (Å²) in [5, 5.41) is 0. The van der Waals surface area contributed by atoms with Crippen molar-refractivity contribution in [3.63, 3.8) is 0 Å². The molecule has 1 unspecified atom stereocenters. The van der Waals surface area contributed by atoms with Gasteiger partial charge >= 0.3 is 0 Å². The smallest absolute Gasteiger partial charge is 0.136 e. The van der Waals surface area contributed by atoms with Gasteiger partial charge in [0, 0.05) is 0 Å². The van der Waals surface area contributed by atoms with E-state index >= 15 is 0 Å². The van der Waals surface area contributed by atoms with Crippen LogP contribution in [0.1, 0.15) is 55.2 Å². The lowest BCUT2D eigenvalue weighted by atomic mass is 9.91. The van der Waals surface area contributed by atoms with Gasteiger partial charge in [0.25, 0.3) is 0 Å². The van der Waals surface area contributed by atoms with Gasteiger partial charge in [0.15, 0.2) is 0 Å². The van der Waals surface area contributed by atoms with E-state index in [1.54, 1.807) is 7.11 Å². The van der Waals surface area contributed by atoms with E-state index in [4.69, 9.17) is 10.5 Å². The van der Waals surface area contributed by atoms with E-state index in [0.29, 0.717) is 5.92 Å². The van der Waals surface area contributed by atoms with Gasteiger partial charge in [0.2, 0.25) is 0 Å². The van der Waals surface area contributed by atoms with E-state index in [2.05, 4.69) is 28.9 Å². The quantitative estimate of drug-likeness (QED) is 0.843. The van der Waals surface area contributed by atoms with Crippen LogP contribution in [0.2, 0.25) is 0 Å². The maximum atomic E-state index is 5.71. The molecule has 0 saturated heterocycles. The van der Waals surface area contributed by atoms with Crippen molar-refractivity contribution in [1.29, 1.82) is 0 Å². The highest BCUT2D eigenvalue weighted by Gasteiger charge is 2.21. The highest BCUT2D eigenvalue weighted by atomic mass is 79.9. The lowest BCUT2D eigenvalue weighted by molar-refractivity contribution is 0.402. The summed E-state index contributed by atoms with van der Waals surface area (Å²) >= 11 is 3.78. The fourth-order valence-corrected chi connectivity index (χ4v) is 3.86. The van der Waals surface area contributed by atoms with E-state index in [-0.39, 0.29) is 0 Å². The highest BCUT2D eigenvalue weighted by Crippen LogP contribution is 2.41. The zero-order valence-corrected chi connectivity index (χ0v) is 13.6. The topological polar surface area (TPSA) is 35.2 Å². The molecule has 0 aromatic heterocycles. The molecule has 0 amide bonds. The van der Waals surface area contributed by atoms with Crippen LogP contribution in [0.3, 0.4) is 0 Å². The van der Waals surface area contributed by atoms with E-state index in [1.807, 2.05) is 0 Å². The molecule has 0 bridgehead atoms. The standard InChI is InChI=1S/C16H24BrNO/c1-11(8-9-18)14-10-12-6-4-3-5-7-13(12)15(17)16(14)19-2/h10-11H,3-9,18H2,1-2H3. The first-order chi connectivity index (χ1) is 9.19. The van der Waals surface area contributed by atoms with Crippen LogP contribution in [0, 0.1) is 0 Å². The molecule has 0 saturated carbocycles. The van der Waals surface area contributed by atoms with Crippen molar-refractivity contribution in [1.82, 2.24) is 0 Å². The number of hydrogen-bond acceptors (Lipinski definition) is 2. The number of nitrogens with two attached hydrogens (primary N) is 1. The van der Waals surface area contributed by atoms with Crippen molar-refractivity contribution in [2.45, 2.75) is 51.4 Å². The second-order valence-electron chi connectivity index (χ2n) is 5.49. The summed E-state index contributed by atoms with van der Waals surface area (Å²) in [5.74, 6) is 1.46. The molecule has 0 aliphatic heterocycles. The molecule has 1 aromatic carbocycles. The van der Waals surface area contributed by atoms with Crippen LogP contribution in [0.4, 0.5) is 0 Å². The number of hydrogen-bond donors (Lipinski definition) is 1. The van der Waals surface area contributed by atoms with Crippen LogP contribution in [-0.4, -0.2) is 13.7 Å². The van der Waals surface area contributed by atoms with Crippen LogP contribution < -0.4 is 10.5 Å². The molecular formula is C16H24BrNO. The SMILES string of the molecule is COc1c(C(C)CCN)cc2c(c1Br)CCCCC2. The minimum atomic E-state index is 0.449. The summed E-state index contributed by atoms with van der Waals surface area (Å²) in [6.07, 6.45) is 7.28. The molecular weight excluding hydrogens is 302 g/mol. The molecule has 1 aliphatic carbocycles. The Hall–Kier alpha value is -0.540. The number of rotatable bonds is 4. The summed E-state index contributed by atoms with van der Waals surface area (Å²) in [6, 6.07) is 2.37. The molecule has 19 heavy (non-hydrogen) atoms. The summed E-state index contributed by atoms with van der Waals surface area (Å²) < 4.78 is 6.84. The minimum Gasteiger partial charge on any atom is -0.495 e. The minimum absolute atomic E-state index is 0.449. The van der Waals surface area contributed by atoms with Crippen molar-refractivity contribution in [2.75, 3.05) is 13.7 Å². The Bertz CT molecular complexity index is 445. The Morgan fingerprint density at radius 2 is 2.05 bits per heavy atom. The first-order valence-electron chi connectivity index (χ1n) is 7.27. The van der Waals surface area contributed by atoms with Gasteiger partial charge in [-0.05, 0) is 77.2 Å². The number of ether oxygens (including phenoxy) is 1. The zero-order chi connectivity index (χ0) is 13.8. The molecule has 1 atom stereocenters. The Kier molecular flexibility index (Phi) is 5.28. The van der Waals surface area contributed by atoms with Crippen LogP contribution in [0.25, 0.3) is 0 Å².